The number of aromatic nitrogens is 1. The Labute approximate surface area is 260 Å². The van der Waals surface area contributed by atoms with Crippen molar-refractivity contribution in [1.29, 1.82) is 0 Å². The van der Waals surface area contributed by atoms with Gasteiger partial charge in [-0.05, 0) is 98.6 Å². The zero-order valence-electron chi connectivity index (χ0n) is 24.5. The summed E-state index contributed by atoms with van der Waals surface area (Å²) in [4.78, 5) is 22.2. The number of alkyl halides is 3. The van der Waals surface area contributed by atoms with Gasteiger partial charge in [0.2, 0.25) is 0 Å². The van der Waals surface area contributed by atoms with Crippen molar-refractivity contribution in [2.24, 2.45) is 0 Å². The Morgan fingerprint density at radius 2 is 1.74 bits per heavy atom. The van der Waals surface area contributed by atoms with Crippen LogP contribution in [0.2, 0.25) is 5.15 Å². The van der Waals surface area contributed by atoms with Crippen LogP contribution < -0.4 is 15.5 Å². The molecule has 1 amide bonds. The Morgan fingerprint density at radius 3 is 2.42 bits per heavy atom. The minimum absolute atomic E-state index is 0.164. The summed E-state index contributed by atoms with van der Waals surface area (Å²) in [5.74, 6) is 0.0699. The highest BCUT2D eigenvalue weighted by atomic mass is 35.5. The van der Waals surface area contributed by atoms with Gasteiger partial charge in [0.1, 0.15) is 11.0 Å². The van der Waals surface area contributed by atoms with Crippen molar-refractivity contribution >= 4 is 41.0 Å². The Bertz CT molecular complexity index is 1330. The molecule has 1 aromatic heterocycles. The molecule has 2 heterocycles. The number of hydrogen-bond acceptors (Lipinski definition) is 7. The molecule has 12 heteroatoms. The van der Waals surface area contributed by atoms with Gasteiger partial charge in [0, 0.05) is 48.9 Å². The molecule has 1 aliphatic rings. The number of pyridine rings is 1. The summed E-state index contributed by atoms with van der Waals surface area (Å²) >= 11 is 7.43. The van der Waals surface area contributed by atoms with Crippen molar-refractivity contribution in [2.45, 2.75) is 37.9 Å². The van der Waals surface area contributed by atoms with Crippen LogP contribution in [0.5, 0.6) is 0 Å². The number of piperazine rings is 1. The lowest BCUT2D eigenvalue weighted by molar-refractivity contribution is -0.137. The van der Waals surface area contributed by atoms with Crippen LogP contribution in [0, 0.1) is 0 Å². The zero-order valence-corrected chi connectivity index (χ0v) is 26.0. The van der Waals surface area contributed by atoms with Crippen LogP contribution in [-0.2, 0) is 12.7 Å². The van der Waals surface area contributed by atoms with Crippen molar-refractivity contribution in [3.05, 3.63) is 82.5 Å². The monoisotopic (exact) mass is 634 g/mol. The molecule has 0 spiro atoms. The first-order chi connectivity index (χ1) is 20.6. The molecule has 0 saturated carbocycles. The summed E-state index contributed by atoms with van der Waals surface area (Å²) < 4.78 is 41.7. The third-order valence-electron chi connectivity index (χ3n) is 7.26. The summed E-state index contributed by atoms with van der Waals surface area (Å²) in [7, 11) is 0. The normalized spacial score (nSPS) is 14.3. The maximum atomic E-state index is 13.2. The van der Waals surface area contributed by atoms with Crippen molar-refractivity contribution in [3.8, 4) is 0 Å². The van der Waals surface area contributed by atoms with Crippen molar-refractivity contribution < 1.29 is 18.0 Å². The average Bonchev–Trinajstić information content (AvgIpc) is 3.00. The molecule has 0 atom stereocenters. The number of nitrogens with one attached hydrogen (secondary N) is 2. The highest BCUT2D eigenvalue weighted by molar-refractivity contribution is 7.97. The van der Waals surface area contributed by atoms with Gasteiger partial charge in [0.15, 0.2) is 0 Å². The van der Waals surface area contributed by atoms with Crippen molar-refractivity contribution in [1.82, 2.24) is 19.5 Å². The van der Waals surface area contributed by atoms with Crippen LogP contribution in [0.3, 0.4) is 0 Å². The third kappa shape index (κ3) is 10.1. The van der Waals surface area contributed by atoms with Crippen molar-refractivity contribution in [3.63, 3.8) is 0 Å². The first kappa shape index (κ1) is 33.1. The van der Waals surface area contributed by atoms with Gasteiger partial charge in [-0.2, -0.15) is 13.2 Å². The van der Waals surface area contributed by atoms with Crippen LogP contribution in [0.15, 0.2) is 65.6 Å². The van der Waals surface area contributed by atoms with E-state index < -0.39 is 11.7 Å². The molecule has 7 nitrogen and oxygen atoms in total. The van der Waals surface area contributed by atoms with Gasteiger partial charge in [-0.15, -0.1) is 0 Å². The van der Waals surface area contributed by atoms with Gasteiger partial charge in [0.25, 0.3) is 5.91 Å². The van der Waals surface area contributed by atoms with E-state index in [1.54, 1.807) is 11.9 Å². The van der Waals surface area contributed by atoms with E-state index >= 15 is 0 Å². The largest absolute Gasteiger partial charge is 0.416 e. The Kier molecular flexibility index (Phi) is 12.1. The van der Waals surface area contributed by atoms with Gasteiger partial charge in [-0.1, -0.05) is 37.6 Å². The summed E-state index contributed by atoms with van der Waals surface area (Å²) in [6, 6.07) is 17.2. The van der Waals surface area contributed by atoms with E-state index in [1.165, 1.54) is 0 Å². The van der Waals surface area contributed by atoms with Crippen LogP contribution in [0.1, 0.15) is 41.8 Å². The predicted octanol–water partition coefficient (Wildman–Crippen LogP) is 6.66. The molecule has 0 aliphatic carbocycles. The zero-order chi connectivity index (χ0) is 30.8. The lowest BCUT2D eigenvalue weighted by atomic mass is 10.1. The molecule has 2 aromatic carbocycles. The van der Waals surface area contributed by atoms with Gasteiger partial charge < -0.3 is 20.4 Å². The first-order valence-electron chi connectivity index (χ1n) is 14.5. The fourth-order valence-electron chi connectivity index (χ4n) is 4.79. The summed E-state index contributed by atoms with van der Waals surface area (Å²) in [5, 5.41) is 6.26. The molecule has 0 unspecified atom stereocenters. The Hall–Kier alpha value is -2.83. The molecular weight excluding hydrogens is 597 g/mol. The maximum absolute atomic E-state index is 13.2. The van der Waals surface area contributed by atoms with Crippen LogP contribution in [0.25, 0.3) is 0 Å². The number of benzene rings is 2. The van der Waals surface area contributed by atoms with Gasteiger partial charge in [0.05, 0.1) is 5.56 Å². The minimum Gasteiger partial charge on any atom is -0.354 e. The summed E-state index contributed by atoms with van der Waals surface area (Å²) in [6.07, 6.45) is -3.39. The number of nitrogens with zero attached hydrogens (tertiary/aromatic N) is 4. The number of halogens is 4. The minimum atomic E-state index is -4.48. The number of carbonyl (C=O) groups excluding carboxylic acids is 1. The number of carbonyl (C=O) groups is 1. The lowest BCUT2D eigenvalue weighted by Gasteiger charge is -2.34. The van der Waals surface area contributed by atoms with Gasteiger partial charge >= 0.3 is 6.18 Å². The molecule has 43 heavy (non-hydrogen) atoms. The van der Waals surface area contributed by atoms with E-state index in [1.807, 2.05) is 53.4 Å². The highest BCUT2D eigenvalue weighted by Gasteiger charge is 2.32. The molecule has 1 fully saturated rings. The second-order valence-electron chi connectivity index (χ2n) is 10.3. The fraction of sp³-hybridized carbons (Fsp3) is 0.419. The van der Waals surface area contributed by atoms with Crippen molar-refractivity contribution in [2.75, 3.05) is 62.6 Å². The van der Waals surface area contributed by atoms with Gasteiger partial charge in [-0.3, -0.25) is 4.79 Å². The molecule has 4 rings (SSSR count). The summed E-state index contributed by atoms with van der Waals surface area (Å²) in [5.41, 5.74) is 1.57. The standard InChI is InChI=1S/C31H38ClF3N6OS/c1-3-39(4-2)14-6-13-36-22-23-7-5-8-24(19-23)30(42)37-26-9-11-27(12-10-26)43-41-17-15-40(16-18-41)29-21-25(31(33,34)35)20-28(32)38-29/h5,7-12,19-21,36H,3-4,6,13-18,22H2,1-2H3,(H,37,42). The van der Waals surface area contributed by atoms with E-state index in [-0.39, 0.29) is 16.9 Å². The van der Waals surface area contributed by atoms with Crippen LogP contribution in [-0.4, -0.2) is 72.5 Å². The number of hydrogen-bond donors (Lipinski definition) is 2. The molecule has 232 valence electrons. The second-order valence-corrected chi connectivity index (χ2v) is 11.8. The number of anilines is 2. The SMILES string of the molecule is CCN(CC)CCCNCc1cccc(C(=O)Nc2ccc(SN3CCN(c4cc(C(F)(F)F)cc(Cl)n4)CC3)cc2)c1. The third-order valence-corrected chi connectivity index (χ3v) is 8.56. The maximum Gasteiger partial charge on any atom is 0.416 e. The highest BCUT2D eigenvalue weighted by Crippen LogP contribution is 2.33. The molecular formula is C31H38ClF3N6OS. The van der Waals surface area contributed by atoms with E-state index in [2.05, 4.69) is 38.7 Å². The van der Waals surface area contributed by atoms with E-state index in [9.17, 15) is 18.0 Å². The van der Waals surface area contributed by atoms with Crippen LogP contribution in [0.4, 0.5) is 24.7 Å². The number of amides is 1. The molecule has 0 bridgehead atoms. The second kappa shape index (κ2) is 15.8. The molecule has 1 saturated heterocycles. The predicted molar refractivity (Wildman–Crippen MR) is 169 cm³/mol. The molecule has 0 radical (unpaired) electrons. The van der Waals surface area contributed by atoms with Gasteiger partial charge in [-0.25, -0.2) is 9.29 Å². The topological polar surface area (TPSA) is 63.7 Å². The van der Waals surface area contributed by atoms with E-state index in [0.29, 0.717) is 44.0 Å². The average molecular weight is 635 g/mol. The smallest absolute Gasteiger partial charge is 0.354 e. The lowest BCUT2D eigenvalue weighted by Crippen LogP contribution is -2.43. The molecule has 2 N–H and O–H groups in total. The number of rotatable bonds is 13. The van der Waals surface area contributed by atoms with E-state index in [4.69, 9.17) is 11.6 Å². The summed E-state index contributed by atoms with van der Waals surface area (Å²) in [6.45, 7) is 11.5. The Balaban J connectivity index is 1.23. The Morgan fingerprint density at radius 1 is 1.02 bits per heavy atom. The molecule has 1 aliphatic heterocycles. The quantitative estimate of drug-likeness (QED) is 0.124. The van der Waals surface area contributed by atoms with E-state index in [0.717, 1.165) is 55.2 Å². The fourth-order valence-corrected chi connectivity index (χ4v) is 5.90. The van der Waals surface area contributed by atoms with Crippen LogP contribution >= 0.6 is 23.5 Å². The first-order valence-corrected chi connectivity index (χ1v) is 15.7. The molecule has 3 aromatic rings.